The quantitative estimate of drug-likeness (QED) is 0.439. The summed E-state index contributed by atoms with van der Waals surface area (Å²) in [4.78, 5) is 13.4. The van der Waals surface area contributed by atoms with E-state index in [0.29, 0.717) is 11.7 Å². The van der Waals surface area contributed by atoms with Crippen molar-refractivity contribution < 1.29 is 13.9 Å². The van der Waals surface area contributed by atoms with E-state index in [-0.39, 0.29) is 17.5 Å². The Bertz CT molecular complexity index is 1020. The fourth-order valence-corrected chi connectivity index (χ4v) is 4.74. The molecule has 1 heterocycles. The highest BCUT2D eigenvalue weighted by molar-refractivity contribution is 7.99. The molecule has 3 aromatic rings. The molecule has 0 bridgehead atoms. The van der Waals surface area contributed by atoms with Gasteiger partial charge in [-0.3, -0.25) is 4.79 Å². The number of aromatic nitrogens is 3. The van der Waals surface area contributed by atoms with Crippen LogP contribution in [0.4, 0.5) is 10.1 Å². The molecule has 0 unspecified atom stereocenters. The molecule has 162 valence electrons. The first-order valence-electron chi connectivity index (χ1n) is 10.0. The number of ether oxygens (including phenoxy) is 1. The van der Waals surface area contributed by atoms with E-state index >= 15 is 0 Å². The second-order valence-corrected chi connectivity index (χ2v) is 9.23. The molecular formula is C22H23FN4O2S2. The van der Waals surface area contributed by atoms with E-state index < -0.39 is 0 Å². The third kappa shape index (κ3) is 6.01. The number of hydrogen-bond acceptors (Lipinski definition) is 6. The normalized spacial score (nSPS) is 13.2. The second-order valence-electron chi connectivity index (χ2n) is 7.12. The van der Waals surface area contributed by atoms with Crippen LogP contribution in [-0.2, 0) is 11.2 Å². The van der Waals surface area contributed by atoms with E-state index in [4.69, 9.17) is 4.74 Å². The number of benzene rings is 2. The highest BCUT2D eigenvalue weighted by Gasteiger charge is 2.29. The van der Waals surface area contributed by atoms with Gasteiger partial charge in [0, 0.05) is 28.8 Å². The van der Waals surface area contributed by atoms with Gasteiger partial charge >= 0.3 is 0 Å². The van der Waals surface area contributed by atoms with Gasteiger partial charge in [-0.1, -0.05) is 11.8 Å². The van der Waals surface area contributed by atoms with Crippen molar-refractivity contribution in [1.82, 2.24) is 14.8 Å². The van der Waals surface area contributed by atoms with E-state index in [2.05, 4.69) is 32.2 Å². The van der Waals surface area contributed by atoms with Gasteiger partial charge in [0.25, 0.3) is 0 Å². The lowest BCUT2D eigenvalue weighted by molar-refractivity contribution is -0.113. The van der Waals surface area contributed by atoms with E-state index in [0.717, 1.165) is 41.7 Å². The van der Waals surface area contributed by atoms with Crippen molar-refractivity contribution in [2.75, 3.05) is 23.9 Å². The van der Waals surface area contributed by atoms with Crippen LogP contribution in [0.15, 0.2) is 58.6 Å². The van der Waals surface area contributed by atoms with E-state index in [9.17, 15) is 9.18 Å². The van der Waals surface area contributed by atoms with Crippen LogP contribution in [0.2, 0.25) is 0 Å². The Labute approximate surface area is 189 Å². The molecule has 31 heavy (non-hydrogen) atoms. The zero-order valence-corrected chi connectivity index (χ0v) is 18.7. The molecule has 1 saturated carbocycles. The summed E-state index contributed by atoms with van der Waals surface area (Å²) in [6, 6.07) is 14.2. The van der Waals surface area contributed by atoms with E-state index in [1.54, 1.807) is 31.0 Å². The largest absolute Gasteiger partial charge is 0.497 e. The van der Waals surface area contributed by atoms with Crippen LogP contribution in [-0.4, -0.2) is 39.3 Å². The number of methoxy groups -OCH3 is 1. The lowest BCUT2D eigenvalue weighted by atomic mass is 10.3. The molecule has 0 saturated heterocycles. The van der Waals surface area contributed by atoms with Gasteiger partial charge in [-0.25, -0.2) is 4.39 Å². The maximum Gasteiger partial charge on any atom is 0.234 e. The van der Waals surface area contributed by atoms with Crippen molar-refractivity contribution in [3.63, 3.8) is 0 Å². The summed E-state index contributed by atoms with van der Waals surface area (Å²) < 4.78 is 20.4. The average Bonchev–Trinajstić information content (AvgIpc) is 3.54. The monoisotopic (exact) mass is 458 g/mol. The summed E-state index contributed by atoms with van der Waals surface area (Å²) in [5, 5.41) is 12.3. The molecule has 1 amide bonds. The molecule has 2 aromatic carbocycles. The fraction of sp³-hybridized carbons (Fsp3) is 0.318. The molecule has 1 aromatic heterocycles. The topological polar surface area (TPSA) is 69.0 Å². The molecule has 1 aliphatic carbocycles. The van der Waals surface area contributed by atoms with Crippen LogP contribution in [0.1, 0.15) is 24.7 Å². The molecule has 1 fully saturated rings. The van der Waals surface area contributed by atoms with Crippen LogP contribution in [0.5, 0.6) is 5.75 Å². The first-order valence-corrected chi connectivity index (χ1v) is 12.0. The van der Waals surface area contributed by atoms with Gasteiger partial charge in [-0.15, -0.1) is 22.0 Å². The molecule has 1 N–H and O–H groups in total. The number of anilines is 1. The third-order valence-electron chi connectivity index (χ3n) is 4.76. The number of amides is 1. The summed E-state index contributed by atoms with van der Waals surface area (Å²) in [6.07, 6.45) is 3.04. The molecule has 1 aliphatic rings. The Balaban J connectivity index is 1.31. The van der Waals surface area contributed by atoms with Crippen LogP contribution >= 0.6 is 23.5 Å². The highest BCUT2D eigenvalue weighted by atomic mass is 32.2. The van der Waals surface area contributed by atoms with Crippen molar-refractivity contribution >= 4 is 35.1 Å². The van der Waals surface area contributed by atoms with Gasteiger partial charge in [0.1, 0.15) is 17.4 Å². The maximum absolute atomic E-state index is 13.0. The van der Waals surface area contributed by atoms with Crippen LogP contribution in [0, 0.1) is 5.82 Å². The van der Waals surface area contributed by atoms with Crippen LogP contribution < -0.4 is 10.1 Å². The second kappa shape index (κ2) is 10.2. The number of rotatable bonds is 10. The van der Waals surface area contributed by atoms with Crippen LogP contribution in [0.3, 0.4) is 0 Å². The van der Waals surface area contributed by atoms with Gasteiger partial charge < -0.3 is 14.6 Å². The van der Waals surface area contributed by atoms with Crippen LogP contribution in [0.25, 0.3) is 0 Å². The lowest BCUT2D eigenvalue weighted by Crippen LogP contribution is -2.14. The lowest BCUT2D eigenvalue weighted by Gasteiger charge is -2.09. The first kappa shape index (κ1) is 21.7. The SMILES string of the molecule is COc1ccc(SCCc2nnc(SCC(=O)Nc3ccc(F)cc3)n2C2CC2)cc1. The van der Waals surface area contributed by atoms with Gasteiger partial charge in [0.15, 0.2) is 5.16 Å². The predicted octanol–water partition coefficient (Wildman–Crippen LogP) is 4.83. The number of aryl methyl sites for hydroxylation is 1. The number of hydrogen-bond donors (Lipinski definition) is 1. The maximum atomic E-state index is 13.0. The molecule has 0 aliphatic heterocycles. The average molecular weight is 459 g/mol. The molecular weight excluding hydrogens is 435 g/mol. The summed E-state index contributed by atoms with van der Waals surface area (Å²) in [5.74, 6) is 2.45. The Morgan fingerprint density at radius 1 is 1.13 bits per heavy atom. The number of halogens is 1. The number of carbonyl (C=O) groups is 1. The Kier molecular flexibility index (Phi) is 7.14. The van der Waals surface area contributed by atoms with Crippen molar-refractivity contribution in [3.8, 4) is 5.75 Å². The Morgan fingerprint density at radius 3 is 2.55 bits per heavy atom. The predicted molar refractivity (Wildman–Crippen MR) is 121 cm³/mol. The molecule has 4 rings (SSSR count). The number of nitrogens with one attached hydrogen (secondary N) is 1. The van der Waals surface area contributed by atoms with Crippen molar-refractivity contribution in [3.05, 3.63) is 60.2 Å². The van der Waals surface area contributed by atoms with Gasteiger partial charge in [0.2, 0.25) is 5.91 Å². The summed E-state index contributed by atoms with van der Waals surface area (Å²) in [7, 11) is 1.66. The standard InChI is InChI=1S/C22H23FN4O2S2/c1-29-18-8-10-19(11-9-18)30-13-12-20-25-26-22(27(20)17-6-7-17)31-14-21(28)24-16-4-2-15(23)3-5-16/h2-5,8-11,17H,6-7,12-14H2,1H3,(H,24,28). The summed E-state index contributed by atoms with van der Waals surface area (Å²) in [5.41, 5.74) is 0.576. The fourth-order valence-electron chi connectivity index (χ4n) is 3.07. The Hall–Kier alpha value is -2.52. The zero-order chi connectivity index (χ0) is 21.6. The first-order chi connectivity index (χ1) is 15.1. The van der Waals surface area contributed by atoms with Gasteiger partial charge in [-0.2, -0.15) is 0 Å². The minimum atomic E-state index is -0.331. The van der Waals surface area contributed by atoms with Gasteiger partial charge in [0.05, 0.1) is 12.9 Å². The zero-order valence-electron chi connectivity index (χ0n) is 17.1. The number of carbonyl (C=O) groups excluding carboxylic acids is 1. The van der Waals surface area contributed by atoms with E-state index in [1.165, 1.54) is 28.8 Å². The van der Waals surface area contributed by atoms with Crippen molar-refractivity contribution in [2.45, 2.75) is 35.4 Å². The molecule has 9 heteroatoms. The number of nitrogens with zero attached hydrogens (tertiary/aromatic N) is 3. The van der Waals surface area contributed by atoms with Crippen molar-refractivity contribution in [2.24, 2.45) is 0 Å². The molecule has 0 spiro atoms. The highest BCUT2D eigenvalue weighted by Crippen LogP contribution is 2.39. The molecule has 0 atom stereocenters. The smallest absolute Gasteiger partial charge is 0.234 e. The minimum Gasteiger partial charge on any atom is -0.497 e. The molecule has 0 radical (unpaired) electrons. The van der Waals surface area contributed by atoms with E-state index in [1.807, 2.05) is 12.1 Å². The Morgan fingerprint density at radius 2 is 1.87 bits per heavy atom. The summed E-state index contributed by atoms with van der Waals surface area (Å²) >= 11 is 3.15. The van der Waals surface area contributed by atoms with Gasteiger partial charge in [-0.05, 0) is 61.4 Å². The summed E-state index contributed by atoms with van der Waals surface area (Å²) in [6.45, 7) is 0. The van der Waals surface area contributed by atoms with Crippen molar-refractivity contribution in [1.29, 1.82) is 0 Å². The minimum absolute atomic E-state index is 0.154. The third-order valence-corrected chi connectivity index (χ3v) is 6.72. The molecule has 6 nitrogen and oxygen atoms in total. The number of thioether (sulfide) groups is 2.